The van der Waals surface area contributed by atoms with Gasteiger partial charge in [0.15, 0.2) is 17.5 Å². The van der Waals surface area contributed by atoms with Crippen molar-refractivity contribution in [3.63, 3.8) is 0 Å². The minimum absolute atomic E-state index is 0.571. The summed E-state index contributed by atoms with van der Waals surface area (Å²) >= 11 is 0. The smallest absolute Gasteiger partial charge is 0.167 e. The fourth-order valence-electron chi connectivity index (χ4n) is 7.10. The van der Waals surface area contributed by atoms with E-state index in [1.807, 2.05) is 60.7 Å². The normalized spacial score (nSPS) is 11.6. The molecule has 5 nitrogen and oxygen atoms in total. The molecule has 5 heteroatoms. The van der Waals surface area contributed by atoms with Gasteiger partial charge in [-0.05, 0) is 47.5 Å². The monoisotopic (exact) mass is 640 g/mol. The molecule has 0 aliphatic carbocycles. The van der Waals surface area contributed by atoms with Crippen molar-refractivity contribution in [2.75, 3.05) is 0 Å². The van der Waals surface area contributed by atoms with Gasteiger partial charge in [-0.25, -0.2) is 15.0 Å². The number of rotatable bonds is 5. The number of fused-ring (bicyclic) bond motifs is 6. The lowest BCUT2D eigenvalue weighted by Gasteiger charge is -2.11. The molecule has 3 heterocycles. The predicted octanol–water partition coefficient (Wildman–Crippen LogP) is 11.5. The Morgan fingerprint density at radius 3 is 1.66 bits per heavy atom. The zero-order chi connectivity index (χ0) is 33.0. The number of hydrogen-bond donors (Lipinski definition) is 0. The van der Waals surface area contributed by atoms with E-state index in [1.165, 1.54) is 21.8 Å². The van der Waals surface area contributed by atoms with Crippen LogP contribution in [0.25, 0.3) is 94.7 Å². The van der Waals surface area contributed by atoms with Crippen LogP contribution in [0.15, 0.2) is 174 Å². The second-order valence-electron chi connectivity index (χ2n) is 12.5. The summed E-state index contributed by atoms with van der Waals surface area (Å²) in [6, 6.07) is 58.7. The van der Waals surface area contributed by atoms with E-state index in [2.05, 4.69) is 114 Å². The number of furan rings is 1. The molecule has 0 aliphatic heterocycles. The van der Waals surface area contributed by atoms with Crippen LogP contribution in [0.1, 0.15) is 0 Å². The van der Waals surface area contributed by atoms with E-state index in [1.54, 1.807) is 0 Å². The molecule has 0 N–H and O–H groups in total. The number of hydrogen-bond acceptors (Lipinski definition) is 4. The molecule has 0 saturated heterocycles. The maximum atomic E-state index is 6.38. The van der Waals surface area contributed by atoms with Crippen LogP contribution >= 0.6 is 0 Å². The van der Waals surface area contributed by atoms with Crippen molar-refractivity contribution < 1.29 is 4.42 Å². The molecule has 0 spiro atoms. The minimum atomic E-state index is 0.571. The Balaban J connectivity index is 1.07. The van der Waals surface area contributed by atoms with Crippen molar-refractivity contribution in [1.29, 1.82) is 0 Å². The molecule has 0 atom stereocenters. The van der Waals surface area contributed by atoms with Gasteiger partial charge >= 0.3 is 0 Å². The largest absolute Gasteiger partial charge is 0.455 e. The molecular weight excluding hydrogens is 613 g/mol. The van der Waals surface area contributed by atoms with E-state index in [9.17, 15) is 0 Å². The summed E-state index contributed by atoms with van der Waals surface area (Å²) in [5, 5.41) is 4.61. The molecule has 0 fully saturated rings. The van der Waals surface area contributed by atoms with Crippen molar-refractivity contribution in [1.82, 2.24) is 19.5 Å². The average Bonchev–Trinajstić information content (AvgIpc) is 3.74. The highest BCUT2D eigenvalue weighted by Crippen LogP contribution is 2.37. The molecule has 10 aromatic rings. The molecule has 0 unspecified atom stereocenters. The summed E-state index contributed by atoms with van der Waals surface area (Å²) in [7, 11) is 0. The standard InChI is InChI=1S/C45H28N4O/c1-2-12-30(13-3-1)43-46-44(48-45(47-43)38-20-11-19-37-36-18-6-9-23-41(36)50-42(37)38)31-26-24-29(25-27-31)32-14-10-15-33(28-32)49-39-21-7-4-16-34(39)35-17-5-8-22-40(35)49/h1-28H. The Morgan fingerprint density at radius 1 is 0.380 bits per heavy atom. The van der Waals surface area contributed by atoms with Gasteiger partial charge in [-0.2, -0.15) is 0 Å². The lowest BCUT2D eigenvalue weighted by Crippen LogP contribution is -2.00. The summed E-state index contributed by atoms with van der Waals surface area (Å²) < 4.78 is 8.73. The van der Waals surface area contributed by atoms with Gasteiger partial charge < -0.3 is 8.98 Å². The summed E-state index contributed by atoms with van der Waals surface area (Å²) in [5.41, 5.74) is 10.0. The first-order chi connectivity index (χ1) is 24.8. The Morgan fingerprint density at radius 2 is 0.920 bits per heavy atom. The Bertz CT molecular complexity index is 2810. The second kappa shape index (κ2) is 11.4. The molecule has 0 bridgehead atoms. The van der Waals surface area contributed by atoms with Crippen LogP contribution in [0, 0.1) is 0 Å². The number of aromatic nitrogens is 4. The second-order valence-corrected chi connectivity index (χ2v) is 12.5. The van der Waals surface area contributed by atoms with Crippen LogP contribution in [-0.2, 0) is 0 Å². The lowest BCUT2D eigenvalue weighted by atomic mass is 10.0. The average molecular weight is 641 g/mol. The quantitative estimate of drug-likeness (QED) is 0.188. The zero-order valence-corrected chi connectivity index (χ0v) is 26.9. The van der Waals surface area contributed by atoms with Crippen LogP contribution < -0.4 is 0 Å². The molecule has 0 aliphatic rings. The van der Waals surface area contributed by atoms with Gasteiger partial charge in [0, 0.05) is 38.4 Å². The topological polar surface area (TPSA) is 56.7 Å². The number of nitrogens with zero attached hydrogens (tertiary/aromatic N) is 4. The molecule has 0 amide bonds. The van der Waals surface area contributed by atoms with Crippen LogP contribution in [-0.4, -0.2) is 19.5 Å². The number of benzene rings is 7. The van der Waals surface area contributed by atoms with Gasteiger partial charge in [0.05, 0.1) is 16.6 Å². The van der Waals surface area contributed by atoms with Gasteiger partial charge in [-0.1, -0.05) is 133 Å². The first-order valence-electron chi connectivity index (χ1n) is 16.7. The van der Waals surface area contributed by atoms with Crippen molar-refractivity contribution in [3.05, 3.63) is 170 Å². The van der Waals surface area contributed by atoms with Crippen molar-refractivity contribution in [2.24, 2.45) is 0 Å². The fourth-order valence-corrected chi connectivity index (χ4v) is 7.10. The summed E-state index contributed by atoms with van der Waals surface area (Å²) in [4.78, 5) is 15.0. The van der Waals surface area contributed by atoms with Gasteiger partial charge in [0.2, 0.25) is 0 Å². The Labute approximate surface area is 287 Å². The summed E-state index contributed by atoms with van der Waals surface area (Å²) in [6.07, 6.45) is 0. The van der Waals surface area contributed by atoms with E-state index in [0.29, 0.717) is 17.5 Å². The van der Waals surface area contributed by atoms with Crippen molar-refractivity contribution in [3.8, 4) is 51.0 Å². The van der Waals surface area contributed by atoms with Gasteiger partial charge in [-0.3, -0.25) is 0 Å². The molecule has 0 saturated carbocycles. The predicted molar refractivity (Wildman–Crippen MR) is 203 cm³/mol. The maximum absolute atomic E-state index is 6.38. The molecule has 50 heavy (non-hydrogen) atoms. The summed E-state index contributed by atoms with van der Waals surface area (Å²) in [6.45, 7) is 0. The fraction of sp³-hybridized carbons (Fsp3) is 0. The number of para-hydroxylation sites is 4. The minimum Gasteiger partial charge on any atom is -0.455 e. The first-order valence-corrected chi connectivity index (χ1v) is 16.7. The SMILES string of the molecule is c1ccc(-c2nc(-c3ccc(-c4cccc(-n5c6ccccc6c6ccccc65)c4)cc3)nc(-c3cccc4c3oc3ccccc34)n2)cc1. The van der Waals surface area contributed by atoms with Gasteiger partial charge in [0.1, 0.15) is 11.2 Å². The molecule has 10 rings (SSSR count). The van der Waals surface area contributed by atoms with E-state index < -0.39 is 0 Å². The highest BCUT2D eigenvalue weighted by molar-refractivity contribution is 6.10. The first kappa shape index (κ1) is 28.2. The van der Waals surface area contributed by atoms with Crippen LogP contribution in [0.5, 0.6) is 0 Å². The molecule has 0 radical (unpaired) electrons. The Kier molecular flexibility index (Phi) is 6.42. The summed E-state index contributed by atoms with van der Waals surface area (Å²) in [5.74, 6) is 1.79. The third kappa shape index (κ3) is 4.60. The molecule has 3 aromatic heterocycles. The highest BCUT2D eigenvalue weighted by Gasteiger charge is 2.18. The van der Waals surface area contributed by atoms with Gasteiger partial charge in [-0.15, -0.1) is 0 Å². The van der Waals surface area contributed by atoms with E-state index in [-0.39, 0.29) is 0 Å². The molecular formula is C45H28N4O. The maximum Gasteiger partial charge on any atom is 0.167 e. The van der Waals surface area contributed by atoms with E-state index in [0.717, 1.165) is 55.4 Å². The van der Waals surface area contributed by atoms with Gasteiger partial charge in [0.25, 0.3) is 0 Å². The van der Waals surface area contributed by atoms with Crippen LogP contribution in [0.3, 0.4) is 0 Å². The molecule has 7 aromatic carbocycles. The third-order valence-corrected chi connectivity index (χ3v) is 9.47. The third-order valence-electron chi connectivity index (χ3n) is 9.47. The van der Waals surface area contributed by atoms with Crippen molar-refractivity contribution in [2.45, 2.75) is 0 Å². The van der Waals surface area contributed by atoms with Crippen LogP contribution in [0.2, 0.25) is 0 Å². The van der Waals surface area contributed by atoms with E-state index in [4.69, 9.17) is 19.4 Å². The van der Waals surface area contributed by atoms with Crippen LogP contribution in [0.4, 0.5) is 0 Å². The van der Waals surface area contributed by atoms with E-state index >= 15 is 0 Å². The Hall–Kier alpha value is -6.85. The van der Waals surface area contributed by atoms with Crippen molar-refractivity contribution >= 4 is 43.7 Å². The zero-order valence-electron chi connectivity index (χ0n) is 26.9. The molecule has 234 valence electrons. The lowest BCUT2D eigenvalue weighted by molar-refractivity contribution is 0.669. The highest BCUT2D eigenvalue weighted by atomic mass is 16.3.